The molecular formula is C12H11ClFN3O. The molecule has 0 aliphatic rings. The Hall–Kier alpha value is -1.88. The van der Waals surface area contributed by atoms with Gasteiger partial charge in [-0.25, -0.2) is 4.39 Å². The van der Waals surface area contributed by atoms with Gasteiger partial charge >= 0.3 is 0 Å². The number of benzene rings is 1. The first-order valence-corrected chi connectivity index (χ1v) is 5.67. The molecule has 0 spiro atoms. The molecule has 2 aromatic rings. The van der Waals surface area contributed by atoms with E-state index < -0.39 is 0 Å². The summed E-state index contributed by atoms with van der Waals surface area (Å²) in [5.74, 6) is -0.558. The first-order valence-electron chi connectivity index (χ1n) is 5.29. The van der Waals surface area contributed by atoms with Gasteiger partial charge in [-0.3, -0.25) is 9.48 Å². The molecular weight excluding hydrogens is 257 g/mol. The molecule has 0 saturated carbocycles. The number of anilines is 1. The Labute approximate surface area is 108 Å². The van der Waals surface area contributed by atoms with E-state index in [4.69, 9.17) is 11.6 Å². The lowest BCUT2D eigenvalue weighted by Crippen LogP contribution is -2.05. The minimum absolute atomic E-state index is 0.182. The fourth-order valence-electron chi connectivity index (χ4n) is 1.56. The Kier molecular flexibility index (Phi) is 3.62. The van der Waals surface area contributed by atoms with Gasteiger partial charge in [0, 0.05) is 23.7 Å². The van der Waals surface area contributed by atoms with Gasteiger partial charge in [-0.05, 0) is 12.1 Å². The predicted molar refractivity (Wildman–Crippen MR) is 67.0 cm³/mol. The SMILES string of the molecule is CC(=O)Nc1cnn(Cc2c(F)cccc2Cl)c1. The van der Waals surface area contributed by atoms with Crippen molar-refractivity contribution >= 4 is 23.2 Å². The molecule has 1 aromatic heterocycles. The second-order valence-electron chi connectivity index (χ2n) is 3.81. The summed E-state index contributed by atoms with van der Waals surface area (Å²) in [5, 5.41) is 6.97. The fourth-order valence-corrected chi connectivity index (χ4v) is 1.79. The molecule has 0 atom stereocenters. The van der Waals surface area contributed by atoms with Crippen molar-refractivity contribution in [2.75, 3.05) is 5.32 Å². The van der Waals surface area contributed by atoms with Crippen LogP contribution in [0.25, 0.3) is 0 Å². The van der Waals surface area contributed by atoms with E-state index in [0.717, 1.165) is 0 Å². The standard InChI is InChI=1S/C12H11ClFN3O/c1-8(18)16-9-5-15-17(6-9)7-10-11(13)3-2-4-12(10)14/h2-6H,7H2,1H3,(H,16,18). The predicted octanol–water partition coefficient (Wildman–Crippen LogP) is 2.68. The van der Waals surface area contributed by atoms with Gasteiger partial charge < -0.3 is 5.32 Å². The minimum Gasteiger partial charge on any atom is -0.324 e. The molecule has 1 aromatic carbocycles. The molecule has 1 amide bonds. The second-order valence-corrected chi connectivity index (χ2v) is 4.22. The third kappa shape index (κ3) is 2.87. The number of carbonyl (C=O) groups excluding carboxylic acids is 1. The van der Waals surface area contributed by atoms with Gasteiger partial charge in [0.1, 0.15) is 5.82 Å². The van der Waals surface area contributed by atoms with E-state index in [1.54, 1.807) is 18.3 Å². The number of amides is 1. The maximum atomic E-state index is 13.6. The molecule has 0 saturated heterocycles. The highest BCUT2D eigenvalue weighted by Crippen LogP contribution is 2.20. The summed E-state index contributed by atoms with van der Waals surface area (Å²) in [6.07, 6.45) is 3.11. The van der Waals surface area contributed by atoms with E-state index in [2.05, 4.69) is 10.4 Å². The maximum absolute atomic E-state index is 13.6. The Morgan fingerprint density at radius 1 is 1.56 bits per heavy atom. The molecule has 0 fully saturated rings. The molecule has 1 heterocycles. The Morgan fingerprint density at radius 2 is 2.33 bits per heavy atom. The van der Waals surface area contributed by atoms with Gasteiger partial charge in [-0.2, -0.15) is 5.10 Å². The number of rotatable bonds is 3. The van der Waals surface area contributed by atoms with Crippen LogP contribution in [0, 0.1) is 5.82 Å². The van der Waals surface area contributed by atoms with E-state index in [-0.39, 0.29) is 18.3 Å². The number of nitrogens with zero attached hydrogens (tertiary/aromatic N) is 2. The fraction of sp³-hybridized carbons (Fsp3) is 0.167. The number of hydrogen-bond donors (Lipinski definition) is 1. The maximum Gasteiger partial charge on any atom is 0.221 e. The number of halogens is 2. The molecule has 0 aliphatic heterocycles. The molecule has 94 valence electrons. The summed E-state index contributed by atoms with van der Waals surface area (Å²) in [5.41, 5.74) is 0.937. The lowest BCUT2D eigenvalue weighted by molar-refractivity contribution is -0.114. The molecule has 2 rings (SSSR count). The topological polar surface area (TPSA) is 46.9 Å². The van der Waals surface area contributed by atoms with Crippen molar-refractivity contribution < 1.29 is 9.18 Å². The quantitative estimate of drug-likeness (QED) is 0.929. The summed E-state index contributed by atoms with van der Waals surface area (Å²) in [4.78, 5) is 10.9. The molecule has 1 N–H and O–H groups in total. The highest BCUT2D eigenvalue weighted by atomic mass is 35.5. The molecule has 0 aliphatic carbocycles. The summed E-state index contributed by atoms with van der Waals surface area (Å²) in [7, 11) is 0. The highest BCUT2D eigenvalue weighted by molar-refractivity contribution is 6.31. The Morgan fingerprint density at radius 3 is 3.00 bits per heavy atom. The second kappa shape index (κ2) is 5.18. The van der Waals surface area contributed by atoms with Crippen LogP contribution in [-0.2, 0) is 11.3 Å². The average Bonchev–Trinajstić information content (AvgIpc) is 2.70. The molecule has 0 bridgehead atoms. The average molecular weight is 268 g/mol. The van der Waals surface area contributed by atoms with Gasteiger partial charge in [0.25, 0.3) is 0 Å². The monoisotopic (exact) mass is 267 g/mol. The van der Waals surface area contributed by atoms with Crippen molar-refractivity contribution in [2.24, 2.45) is 0 Å². The van der Waals surface area contributed by atoms with Gasteiger partial charge in [0.2, 0.25) is 5.91 Å². The number of hydrogen-bond acceptors (Lipinski definition) is 2. The van der Waals surface area contributed by atoms with Gasteiger partial charge in [-0.1, -0.05) is 17.7 Å². The zero-order valence-electron chi connectivity index (χ0n) is 9.65. The summed E-state index contributed by atoms with van der Waals surface area (Å²) in [6, 6.07) is 4.52. The van der Waals surface area contributed by atoms with E-state index >= 15 is 0 Å². The lowest BCUT2D eigenvalue weighted by Gasteiger charge is -2.05. The van der Waals surface area contributed by atoms with Crippen molar-refractivity contribution in [3.63, 3.8) is 0 Å². The van der Waals surface area contributed by atoms with Crippen LogP contribution in [0.5, 0.6) is 0 Å². The van der Waals surface area contributed by atoms with Crippen LogP contribution in [0.4, 0.5) is 10.1 Å². The zero-order valence-corrected chi connectivity index (χ0v) is 10.4. The molecule has 0 radical (unpaired) electrons. The molecule has 4 nitrogen and oxygen atoms in total. The van der Waals surface area contributed by atoms with E-state index in [1.807, 2.05) is 0 Å². The van der Waals surface area contributed by atoms with Crippen molar-refractivity contribution in [1.29, 1.82) is 0 Å². The van der Waals surface area contributed by atoms with Crippen LogP contribution in [0.15, 0.2) is 30.6 Å². The van der Waals surface area contributed by atoms with E-state index in [1.165, 1.54) is 23.9 Å². The third-order valence-corrected chi connectivity index (χ3v) is 2.69. The Bertz CT molecular complexity index is 562. The number of carbonyl (C=O) groups is 1. The zero-order chi connectivity index (χ0) is 13.1. The van der Waals surface area contributed by atoms with Crippen LogP contribution >= 0.6 is 11.6 Å². The highest BCUT2D eigenvalue weighted by Gasteiger charge is 2.08. The van der Waals surface area contributed by atoms with E-state index in [9.17, 15) is 9.18 Å². The molecule has 6 heteroatoms. The minimum atomic E-state index is -0.376. The summed E-state index contributed by atoms with van der Waals surface area (Å²) < 4.78 is 15.1. The van der Waals surface area contributed by atoms with Gasteiger partial charge in [0.15, 0.2) is 0 Å². The van der Waals surface area contributed by atoms with Crippen molar-refractivity contribution in [3.05, 3.63) is 47.0 Å². The number of aromatic nitrogens is 2. The molecule has 18 heavy (non-hydrogen) atoms. The van der Waals surface area contributed by atoms with Crippen LogP contribution in [-0.4, -0.2) is 15.7 Å². The van der Waals surface area contributed by atoms with Crippen molar-refractivity contribution in [1.82, 2.24) is 9.78 Å². The van der Waals surface area contributed by atoms with Gasteiger partial charge in [0.05, 0.1) is 18.4 Å². The summed E-state index contributed by atoms with van der Waals surface area (Å²) >= 11 is 5.92. The van der Waals surface area contributed by atoms with Gasteiger partial charge in [-0.15, -0.1) is 0 Å². The smallest absolute Gasteiger partial charge is 0.221 e. The Balaban J connectivity index is 2.19. The first kappa shape index (κ1) is 12.6. The van der Waals surface area contributed by atoms with Crippen LogP contribution < -0.4 is 5.32 Å². The largest absolute Gasteiger partial charge is 0.324 e. The lowest BCUT2D eigenvalue weighted by atomic mass is 10.2. The van der Waals surface area contributed by atoms with E-state index in [0.29, 0.717) is 16.3 Å². The van der Waals surface area contributed by atoms with Crippen LogP contribution in [0.1, 0.15) is 12.5 Å². The summed E-state index contributed by atoms with van der Waals surface area (Å²) in [6.45, 7) is 1.62. The normalized spacial score (nSPS) is 10.4. The van der Waals surface area contributed by atoms with Crippen LogP contribution in [0.2, 0.25) is 5.02 Å². The molecule has 0 unspecified atom stereocenters. The first-order chi connectivity index (χ1) is 8.56. The third-order valence-electron chi connectivity index (χ3n) is 2.34. The number of nitrogens with one attached hydrogen (secondary N) is 1. The van der Waals surface area contributed by atoms with Crippen molar-refractivity contribution in [2.45, 2.75) is 13.5 Å². The van der Waals surface area contributed by atoms with Crippen molar-refractivity contribution in [3.8, 4) is 0 Å². The van der Waals surface area contributed by atoms with Crippen LogP contribution in [0.3, 0.4) is 0 Å².